The van der Waals surface area contributed by atoms with Crippen molar-refractivity contribution in [1.82, 2.24) is 9.78 Å². The third-order valence-electron chi connectivity index (χ3n) is 1.96. The summed E-state index contributed by atoms with van der Waals surface area (Å²) < 4.78 is 63.0. The largest absolute Gasteiger partial charge is 0.459 e. The predicted octanol–water partition coefficient (Wildman–Crippen LogP) is 2.83. The molecule has 0 fully saturated rings. The van der Waals surface area contributed by atoms with Gasteiger partial charge in [0.15, 0.2) is 12.0 Å². The van der Waals surface area contributed by atoms with E-state index in [2.05, 4.69) is 15.1 Å². The second-order valence-electron chi connectivity index (χ2n) is 3.09. The minimum absolute atomic E-state index is 0.272. The Labute approximate surface area is 95.6 Å². The standard InChI is InChI=1S/C7H4F5N5O/c1-17-5(14-16-13)3(2-18)4(15-17)6(8,9)7(10,11)12/h2H,1H3. The molecule has 6 nitrogen and oxygen atoms in total. The molecule has 1 aromatic heterocycles. The number of azide groups is 1. The molecule has 1 aromatic rings. The summed E-state index contributed by atoms with van der Waals surface area (Å²) in [4.78, 5) is 12.8. The van der Waals surface area contributed by atoms with Crippen LogP contribution in [0.3, 0.4) is 0 Å². The maximum absolute atomic E-state index is 13.0. The molecule has 1 heterocycles. The summed E-state index contributed by atoms with van der Waals surface area (Å²) in [5.41, 5.74) is 5.23. The van der Waals surface area contributed by atoms with Crippen LogP contribution in [0, 0.1) is 0 Å². The molecule has 0 bridgehead atoms. The van der Waals surface area contributed by atoms with Gasteiger partial charge in [-0.2, -0.15) is 27.1 Å². The van der Waals surface area contributed by atoms with Crippen LogP contribution in [0.4, 0.5) is 27.8 Å². The van der Waals surface area contributed by atoms with Crippen molar-refractivity contribution in [3.63, 3.8) is 0 Å². The van der Waals surface area contributed by atoms with E-state index in [-0.39, 0.29) is 6.29 Å². The van der Waals surface area contributed by atoms with E-state index in [1.807, 2.05) is 0 Å². The molecule has 0 aliphatic rings. The molecular weight excluding hydrogens is 265 g/mol. The number of aromatic nitrogens is 2. The van der Waals surface area contributed by atoms with E-state index in [1.54, 1.807) is 0 Å². The van der Waals surface area contributed by atoms with Crippen LogP contribution in [0.5, 0.6) is 0 Å². The Balaban J connectivity index is 3.57. The van der Waals surface area contributed by atoms with E-state index < -0.39 is 29.2 Å². The van der Waals surface area contributed by atoms with Crippen LogP contribution in [0.1, 0.15) is 16.1 Å². The second-order valence-corrected chi connectivity index (χ2v) is 3.09. The zero-order valence-corrected chi connectivity index (χ0v) is 8.61. The summed E-state index contributed by atoms with van der Waals surface area (Å²) in [6.07, 6.45) is -6.18. The third kappa shape index (κ3) is 1.99. The van der Waals surface area contributed by atoms with E-state index in [0.29, 0.717) is 4.68 Å². The van der Waals surface area contributed by atoms with Crippen molar-refractivity contribution in [2.75, 3.05) is 0 Å². The Bertz CT molecular complexity index is 527. The van der Waals surface area contributed by atoms with Gasteiger partial charge in [-0.05, 0) is 10.6 Å². The molecule has 0 amide bonds. The molecule has 18 heavy (non-hydrogen) atoms. The van der Waals surface area contributed by atoms with Gasteiger partial charge in [-0.15, -0.1) is 0 Å². The molecule has 0 aromatic carbocycles. The van der Waals surface area contributed by atoms with Crippen molar-refractivity contribution in [2.45, 2.75) is 12.1 Å². The highest BCUT2D eigenvalue weighted by Crippen LogP contribution is 2.45. The quantitative estimate of drug-likeness (QED) is 0.278. The topological polar surface area (TPSA) is 83.7 Å². The summed E-state index contributed by atoms with van der Waals surface area (Å²) in [6.45, 7) is 0. The number of alkyl halides is 5. The van der Waals surface area contributed by atoms with E-state index in [9.17, 15) is 26.7 Å². The maximum atomic E-state index is 13.0. The first-order chi connectivity index (χ1) is 8.16. The van der Waals surface area contributed by atoms with Gasteiger partial charge in [-0.3, -0.25) is 9.48 Å². The molecule has 11 heteroatoms. The Morgan fingerprint density at radius 2 is 1.94 bits per heavy atom. The van der Waals surface area contributed by atoms with Crippen LogP contribution in [-0.2, 0) is 13.0 Å². The molecule has 0 radical (unpaired) electrons. The number of rotatable bonds is 3. The van der Waals surface area contributed by atoms with E-state index >= 15 is 0 Å². The van der Waals surface area contributed by atoms with Crippen LogP contribution in [-0.4, -0.2) is 22.2 Å². The van der Waals surface area contributed by atoms with E-state index in [1.165, 1.54) is 0 Å². The monoisotopic (exact) mass is 269 g/mol. The molecule has 0 aliphatic carbocycles. The number of aldehydes is 1. The smallest absolute Gasteiger partial charge is 0.298 e. The van der Waals surface area contributed by atoms with Gasteiger partial charge in [-0.25, -0.2) is 0 Å². The van der Waals surface area contributed by atoms with Gasteiger partial charge in [0.05, 0.1) is 5.56 Å². The zero-order valence-electron chi connectivity index (χ0n) is 8.61. The van der Waals surface area contributed by atoms with Crippen LogP contribution in [0.15, 0.2) is 5.11 Å². The Morgan fingerprint density at radius 1 is 1.39 bits per heavy atom. The Hall–Kier alpha value is -2.16. The Kier molecular flexibility index (Phi) is 3.29. The van der Waals surface area contributed by atoms with Gasteiger partial charge in [0.1, 0.15) is 5.82 Å². The van der Waals surface area contributed by atoms with E-state index in [4.69, 9.17) is 5.53 Å². The van der Waals surface area contributed by atoms with Gasteiger partial charge in [0.25, 0.3) is 0 Å². The molecule has 0 atom stereocenters. The highest BCUT2D eigenvalue weighted by Gasteiger charge is 2.61. The fourth-order valence-electron chi connectivity index (χ4n) is 1.17. The van der Waals surface area contributed by atoms with Gasteiger partial charge in [-0.1, -0.05) is 0 Å². The number of hydrogen-bond acceptors (Lipinski definition) is 3. The zero-order chi connectivity index (χ0) is 14.1. The lowest BCUT2D eigenvalue weighted by molar-refractivity contribution is -0.291. The third-order valence-corrected chi connectivity index (χ3v) is 1.96. The summed E-state index contributed by atoms with van der Waals surface area (Å²) in [6, 6.07) is 0. The molecule has 0 saturated carbocycles. The first-order valence-electron chi connectivity index (χ1n) is 4.19. The van der Waals surface area contributed by atoms with Gasteiger partial charge in [0.2, 0.25) is 0 Å². The number of aryl methyl sites for hydroxylation is 1. The summed E-state index contributed by atoms with van der Waals surface area (Å²) in [7, 11) is 0.965. The molecule has 98 valence electrons. The highest BCUT2D eigenvalue weighted by atomic mass is 19.4. The van der Waals surface area contributed by atoms with Crippen molar-refractivity contribution >= 4 is 12.1 Å². The van der Waals surface area contributed by atoms with E-state index in [0.717, 1.165) is 7.05 Å². The molecule has 0 aliphatic heterocycles. The minimum Gasteiger partial charge on any atom is -0.298 e. The second kappa shape index (κ2) is 4.26. The normalized spacial score (nSPS) is 12.1. The lowest BCUT2D eigenvalue weighted by Gasteiger charge is -2.17. The maximum Gasteiger partial charge on any atom is 0.459 e. The average molecular weight is 269 g/mol. The molecule has 0 N–H and O–H groups in total. The first-order valence-corrected chi connectivity index (χ1v) is 4.19. The first kappa shape index (κ1) is 13.9. The van der Waals surface area contributed by atoms with Crippen LogP contribution in [0.2, 0.25) is 0 Å². The van der Waals surface area contributed by atoms with Crippen LogP contribution in [0.25, 0.3) is 10.4 Å². The fraction of sp³-hybridized carbons (Fsp3) is 0.429. The highest BCUT2D eigenvalue weighted by molar-refractivity contribution is 5.83. The summed E-state index contributed by atoms with van der Waals surface area (Å²) in [5, 5.41) is 5.73. The predicted molar refractivity (Wildman–Crippen MR) is 47.4 cm³/mol. The lowest BCUT2D eigenvalue weighted by atomic mass is 10.1. The number of halogens is 5. The number of nitrogens with zero attached hydrogens (tertiary/aromatic N) is 5. The van der Waals surface area contributed by atoms with Gasteiger partial charge in [0, 0.05) is 12.0 Å². The summed E-state index contributed by atoms with van der Waals surface area (Å²) >= 11 is 0. The van der Waals surface area contributed by atoms with Crippen molar-refractivity contribution < 1.29 is 26.7 Å². The molecule has 0 spiro atoms. The van der Waals surface area contributed by atoms with Crippen molar-refractivity contribution in [1.29, 1.82) is 0 Å². The van der Waals surface area contributed by atoms with Crippen LogP contribution < -0.4 is 0 Å². The number of carbonyl (C=O) groups is 1. The fourth-order valence-corrected chi connectivity index (χ4v) is 1.17. The number of carbonyl (C=O) groups excluding carboxylic acids is 1. The van der Waals surface area contributed by atoms with Gasteiger partial charge < -0.3 is 0 Å². The van der Waals surface area contributed by atoms with Crippen molar-refractivity contribution in [3.05, 3.63) is 21.7 Å². The van der Waals surface area contributed by atoms with Crippen LogP contribution >= 0.6 is 0 Å². The Morgan fingerprint density at radius 3 is 2.33 bits per heavy atom. The number of hydrogen-bond donors (Lipinski definition) is 0. The SMILES string of the molecule is Cn1nc(C(F)(F)C(F)(F)F)c(C=O)c1N=[N+]=[N-]. The summed E-state index contributed by atoms with van der Waals surface area (Å²) in [5.74, 6) is -6.03. The molecule has 0 unspecified atom stereocenters. The lowest BCUT2D eigenvalue weighted by Crippen LogP contribution is -2.35. The molecule has 0 saturated heterocycles. The minimum atomic E-state index is -5.91. The van der Waals surface area contributed by atoms with Crippen molar-refractivity contribution in [3.8, 4) is 0 Å². The molecule has 1 rings (SSSR count). The molecular formula is C7H4F5N5O. The van der Waals surface area contributed by atoms with Gasteiger partial charge >= 0.3 is 12.1 Å². The van der Waals surface area contributed by atoms with Crippen molar-refractivity contribution in [2.24, 2.45) is 12.2 Å². The average Bonchev–Trinajstić information content (AvgIpc) is 2.55.